The van der Waals surface area contributed by atoms with E-state index in [4.69, 9.17) is 16.3 Å². The monoisotopic (exact) mass is 558 g/mol. The summed E-state index contributed by atoms with van der Waals surface area (Å²) >= 11 is 11.0. The Hall–Kier alpha value is -2.61. The summed E-state index contributed by atoms with van der Waals surface area (Å²) in [5, 5.41) is 5.04. The summed E-state index contributed by atoms with van der Waals surface area (Å²) in [7, 11) is 0. The minimum Gasteiger partial charge on any atom is -0.462 e. The van der Waals surface area contributed by atoms with Crippen molar-refractivity contribution in [1.29, 1.82) is 0 Å². The SMILES string of the molecule is CCOC(=O)c1c(NC(=O)c2c(C)c3cc(Cl)ccc3n2CC)sc(C)c1-c1ccc(Br)cc1. The lowest BCUT2D eigenvalue weighted by Gasteiger charge is -2.11. The van der Waals surface area contributed by atoms with E-state index < -0.39 is 5.97 Å². The van der Waals surface area contributed by atoms with E-state index in [1.54, 1.807) is 6.92 Å². The van der Waals surface area contributed by atoms with Gasteiger partial charge in [-0.25, -0.2) is 4.79 Å². The van der Waals surface area contributed by atoms with Gasteiger partial charge in [-0.3, -0.25) is 4.79 Å². The summed E-state index contributed by atoms with van der Waals surface area (Å²) in [6.45, 7) is 8.48. The Kier molecular flexibility index (Phi) is 7.17. The Morgan fingerprint density at radius 3 is 2.47 bits per heavy atom. The van der Waals surface area contributed by atoms with Crippen molar-refractivity contribution in [3.63, 3.8) is 0 Å². The predicted molar refractivity (Wildman–Crippen MR) is 143 cm³/mol. The molecule has 1 amide bonds. The van der Waals surface area contributed by atoms with Gasteiger partial charge in [0.15, 0.2) is 0 Å². The molecule has 0 aliphatic rings. The molecule has 0 aliphatic heterocycles. The first-order chi connectivity index (χ1) is 16.3. The number of amides is 1. The number of nitrogens with zero attached hydrogens (tertiary/aromatic N) is 1. The minimum atomic E-state index is -0.459. The number of fused-ring (bicyclic) bond motifs is 1. The van der Waals surface area contributed by atoms with Crippen LogP contribution in [0.25, 0.3) is 22.0 Å². The van der Waals surface area contributed by atoms with E-state index >= 15 is 0 Å². The quantitative estimate of drug-likeness (QED) is 0.245. The van der Waals surface area contributed by atoms with E-state index in [1.165, 1.54) is 11.3 Å². The molecule has 0 saturated carbocycles. The van der Waals surface area contributed by atoms with Gasteiger partial charge in [-0.05, 0) is 69.2 Å². The zero-order chi connectivity index (χ0) is 24.6. The van der Waals surface area contributed by atoms with Crippen LogP contribution >= 0.6 is 38.9 Å². The molecule has 0 fully saturated rings. The highest BCUT2D eigenvalue weighted by Crippen LogP contribution is 2.41. The molecule has 0 spiro atoms. The molecule has 0 atom stereocenters. The molecule has 1 N–H and O–H groups in total. The Balaban J connectivity index is 1.83. The lowest BCUT2D eigenvalue weighted by molar-refractivity contribution is 0.0529. The number of ether oxygens (including phenoxy) is 1. The molecular formula is C26H24BrClN2O3S. The highest BCUT2D eigenvalue weighted by atomic mass is 79.9. The van der Waals surface area contributed by atoms with Gasteiger partial charge in [0.25, 0.3) is 5.91 Å². The second kappa shape index (κ2) is 9.94. The van der Waals surface area contributed by atoms with Crippen LogP contribution in [-0.2, 0) is 11.3 Å². The first kappa shape index (κ1) is 24.5. The molecule has 4 rings (SSSR count). The number of carbonyl (C=O) groups excluding carboxylic acids is 2. The van der Waals surface area contributed by atoms with Gasteiger partial charge in [0.2, 0.25) is 0 Å². The average Bonchev–Trinajstić information content (AvgIpc) is 3.27. The third-order valence-corrected chi connectivity index (χ3v) is 7.52. The number of anilines is 1. The zero-order valence-electron chi connectivity index (χ0n) is 19.3. The molecule has 0 bridgehead atoms. The first-order valence-corrected chi connectivity index (χ1v) is 12.9. The van der Waals surface area contributed by atoms with Crippen molar-refractivity contribution >= 4 is 66.6 Å². The molecule has 34 heavy (non-hydrogen) atoms. The maximum Gasteiger partial charge on any atom is 0.341 e. The number of esters is 1. The normalized spacial score (nSPS) is 11.1. The topological polar surface area (TPSA) is 60.3 Å². The number of aromatic nitrogens is 1. The number of hydrogen-bond donors (Lipinski definition) is 1. The number of carbonyl (C=O) groups is 2. The third kappa shape index (κ3) is 4.40. The summed E-state index contributed by atoms with van der Waals surface area (Å²) in [4.78, 5) is 27.5. The van der Waals surface area contributed by atoms with E-state index in [0.717, 1.165) is 36.9 Å². The number of aryl methyl sites for hydroxylation is 3. The maximum atomic E-state index is 13.6. The molecule has 2 heterocycles. The van der Waals surface area contributed by atoms with Crippen molar-refractivity contribution in [3.8, 4) is 11.1 Å². The van der Waals surface area contributed by atoms with Gasteiger partial charge in [-0.1, -0.05) is 39.7 Å². The van der Waals surface area contributed by atoms with Gasteiger partial charge in [-0.2, -0.15) is 0 Å². The highest BCUT2D eigenvalue weighted by molar-refractivity contribution is 9.10. The van der Waals surface area contributed by atoms with Gasteiger partial charge < -0.3 is 14.6 Å². The molecule has 2 aromatic carbocycles. The summed E-state index contributed by atoms with van der Waals surface area (Å²) in [5.74, 6) is -0.736. The molecule has 0 unspecified atom stereocenters. The van der Waals surface area contributed by atoms with Crippen LogP contribution in [0.3, 0.4) is 0 Å². The second-order valence-electron chi connectivity index (χ2n) is 7.80. The fourth-order valence-corrected chi connectivity index (χ4v) is 5.77. The van der Waals surface area contributed by atoms with E-state index in [9.17, 15) is 9.59 Å². The summed E-state index contributed by atoms with van der Waals surface area (Å²) in [5.41, 5.74) is 4.36. The van der Waals surface area contributed by atoms with Crippen LogP contribution in [0.4, 0.5) is 5.00 Å². The summed E-state index contributed by atoms with van der Waals surface area (Å²) in [6.07, 6.45) is 0. The molecule has 5 nitrogen and oxygen atoms in total. The Bertz CT molecular complexity index is 1410. The third-order valence-electron chi connectivity index (χ3n) is 5.73. The molecule has 4 aromatic rings. The van der Waals surface area contributed by atoms with E-state index in [0.29, 0.717) is 27.8 Å². The van der Waals surface area contributed by atoms with Gasteiger partial charge in [0, 0.05) is 37.4 Å². The van der Waals surface area contributed by atoms with Gasteiger partial charge in [-0.15, -0.1) is 11.3 Å². The molecule has 8 heteroatoms. The largest absolute Gasteiger partial charge is 0.462 e. The van der Waals surface area contributed by atoms with Crippen molar-refractivity contribution in [2.24, 2.45) is 0 Å². The number of thiophene rings is 1. The predicted octanol–water partition coefficient (Wildman–Crippen LogP) is 7.85. The van der Waals surface area contributed by atoms with Crippen molar-refractivity contribution < 1.29 is 14.3 Å². The smallest absolute Gasteiger partial charge is 0.341 e. The minimum absolute atomic E-state index is 0.241. The van der Waals surface area contributed by atoms with Gasteiger partial charge in [0.1, 0.15) is 16.3 Å². The lowest BCUT2D eigenvalue weighted by atomic mass is 10.0. The fourth-order valence-electron chi connectivity index (χ4n) is 4.27. The van der Waals surface area contributed by atoms with E-state index in [2.05, 4.69) is 21.2 Å². The van der Waals surface area contributed by atoms with Crippen LogP contribution in [0.1, 0.15) is 45.1 Å². The number of benzene rings is 2. The van der Waals surface area contributed by atoms with E-state index in [1.807, 2.05) is 67.8 Å². The van der Waals surface area contributed by atoms with Crippen LogP contribution in [0.5, 0.6) is 0 Å². The first-order valence-electron chi connectivity index (χ1n) is 10.9. The second-order valence-corrected chi connectivity index (χ2v) is 10.4. The standard InChI is InChI=1S/C26H24BrClN2O3S/c1-5-30-20-12-11-18(28)13-19(20)14(3)23(30)24(31)29-25-22(26(32)33-6-2)21(15(4)34-25)16-7-9-17(27)10-8-16/h7-13H,5-6H2,1-4H3,(H,29,31). The Labute approximate surface area is 215 Å². The van der Waals surface area contributed by atoms with Crippen molar-refractivity contribution in [2.75, 3.05) is 11.9 Å². The molecular weight excluding hydrogens is 536 g/mol. The van der Waals surface area contributed by atoms with Gasteiger partial charge in [0.05, 0.1) is 6.61 Å². The number of halogens is 2. The van der Waals surface area contributed by atoms with Crippen LogP contribution in [0, 0.1) is 13.8 Å². The molecule has 0 aliphatic carbocycles. The van der Waals surface area contributed by atoms with Crippen LogP contribution in [0.15, 0.2) is 46.9 Å². The van der Waals surface area contributed by atoms with Crippen molar-refractivity contribution in [1.82, 2.24) is 4.57 Å². The highest BCUT2D eigenvalue weighted by Gasteiger charge is 2.27. The number of nitrogens with one attached hydrogen (secondary N) is 1. The van der Waals surface area contributed by atoms with Gasteiger partial charge >= 0.3 is 5.97 Å². The summed E-state index contributed by atoms with van der Waals surface area (Å²) in [6, 6.07) is 13.4. The maximum absolute atomic E-state index is 13.6. The lowest BCUT2D eigenvalue weighted by Crippen LogP contribution is -2.19. The summed E-state index contributed by atoms with van der Waals surface area (Å²) < 4.78 is 8.28. The molecule has 0 saturated heterocycles. The van der Waals surface area contributed by atoms with Crippen molar-refractivity contribution in [3.05, 3.63) is 73.7 Å². The number of rotatable bonds is 6. The van der Waals surface area contributed by atoms with E-state index in [-0.39, 0.29) is 12.5 Å². The number of hydrogen-bond acceptors (Lipinski definition) is 4. The van der Waals surface area contributed by atoms with Crippen LogP contribution in [0.2, 0.25) is 5.02 Å². The average molecular weight is 560 g/mol. The van der Waals surface area contributed by atoms with Crippen molar-refractivity contribution in [2.45, 2.75) is 34.2 Å². The van der Waals surface area contributed by atoms with Crippen LogP contribution < -0.4 is 5.32 Å². The van der Waals surface area contributed by atoms with Crippen LogP contribution in [-0.4, -0.2) is 23.1 Å². The zero-order valence-corrected chi connectivity index (χ0v) is 22.5. The fraction of sp³-hybridized carbons (Fsp3) is 0.231. The molecule has 0 radical (unpaired) electrons. The molecule has 176 valence electrons. The Morgan fingerprint density at radius 2 is 1.82 bits per heavy atom. The Morgan fingerprint density at radius 1 is 1.12 bits per heavy atom. The molecule has 2 aromatic heterocycles.